The van der Waals surface area contributed by atoms with E-state index >= 15 is 0 Å². The maximum atomic E-state index is 11.9. The number of alkyl halides is 3. The number of hydrogen-bond acceptors (Lipinski definition) is 5. The van der Waals surface area contributed by atoms with Crippen molar-refractivity contribution in [2.45, 2.75) is 6.18 Å². The van der Waals surface area contributed by atoms with Crippen LogP contribution in [0, 0.1) is 0 Å². The molecule has 6 N–H and O–H groups in total. The van der Waals surface area contributed by atoms with Gasteiger partial charge < -0.3 is 16.6 Å². The average molecular weight is 495 g/mol. The highest BCUT2D eigenvalue weighted by Crippen LogP contribution is 2.34. The van der Waals surface area contributed by atoms with E-state index in [0.717, 1.165) is 22.9 Å². The number of rotatable bonds is 5. The van der Waals surface area contributed by atoms with Crippen LogP contribution in [0.25, 0.3) is 22.3 Å². The number of aliphatic carboxylic acids is 1. The number of nitrogen functional groups attached to an aromatic ring is 1. The topological polar surface area (TPSA) is 153 Å². The Morgan fingerprint density at radius 1 is 0.912 bits per heavy atom. The highest BCUT2D eigenvalue weighted by molar-refractivity contribution is 7.92. The highest BCUT2D eigenvalue weighted by atomic mass is 32.2. The van der Waals surface area contributed by atoms with Crippen LogP contribution in [0.1, 0.15) is 10.4 Å². The molecule has 12 heteroatoms. The first kappa shape index (κ1) is 26.2. The number of carbonyl (C=O) groups excluding carboxylic acids is 1. The van der Waals surface area contributed by atoms with Gasteiger partial charge in [-0.3, -0.25) is 9.52 Å². The Bertz CT molecular complexity index is 1290. The Morgan fingerprint density at radius 2 is 1.44 bits per heavy atom. The first-order valence-electron chi connectivity index (χ1n) is 9.36. The van der Waals surface area contributed by atoms with Gasteiger partial charge in [0.2, 0.25) is 10.0 Å². The lowest BCUT2D eigenvalue weighted by Crippen LogP contribution is -2.21. The molecule has 3 aromatic carbocycles. The van der Waals surface area contributed by atoms with Crippen LogP contribution in [0.2, 0.25) is 0 Å². The molecule has 0 atom stereocenters. The first-order valence-corrected chi connectivity index (χ1v) is 11.3. The summed E-state index contributed by atoms with van der Waals surface area (Å²) in [6, 6.07) is 19.9. The van der Waals surface area contributed by atoms with E-state index in [9.17, 15) is 26.4 Å². The van der Waals surface area contributed by atoms with Crippen molar-refractivity contribution in [3.63, 3.8) is 0 Å². The third kappa shape index (κ3) is 7.24. The van der Waals surface area contributed by atoms with Gasteiger partial charge in [-0.25, -0.2) is 13.2 Å². The molecule has 0 aliphatic carbocycles. The first-order chi connectivity index (χ1) is 15.7. The fourth-order valence-corrected chi connectivity index (χ4v) is 3.39. The Kier molecular flexibility index (Phi) is 7.90. The third-order valence-corrected chi connectivity index (χ3v) is 4.90. The average Bonchev–Trinajstić information content (AvgIpc) is 2.73. The predicted molar refractivity (Wildman–Crippen MR) is 122 cm³/mol. The zero-order valence-corrected chi connectivity index (χ0v) is 18.4. The maximum Gasteiger partial charge on any atom is 0.490 e. The minimum Gasteiger partial charge on any atom is -0.475 e. The Labute approximate surface area is 193 Å². The summed E-state index contributed by atoms with van der Waals surface area (Å²) in [7, 11) is -3.36. The van der Waals surface area contributed by atoms with Gasteiger partial charge in [-0.1, -0.05) is 42.5 Å². The van der Waals surface area contributed by atoms with Gasteiger partial charge in [-0.15, -0.1) is 0 Å². The normalized spacial score (nSPS) is 11.2. The molecule has 0 heterocycles. The molecule has 180 valence electrons. The second-order valence-electron chi connectivity index (χ2n) is 6.97. The number of carboxylic acids is 1. The van der Waals surface area contributed by atoms with Gasteiger partial charge in [0, 0.05) is 11.3 Å². The number of sulfonamides is 1. The molecule has 0 radical (unpaired) electrons. The van der Waals surface area contributed by atoms with Crippen molar-refractivity contribution in [1.29, 1.82) is 0 Å². The Balaban J connectivity index is 0.000000509. The van der Waals surface area contributed by atoms with Gasteiger partial charge in [0.05, 0.1) is 17.5 Å². The van der Waals surface area contributed by atoms with Crippen LogP contribution in [0.15, 0.2) is 66.7 Å². The fraction of sp³-hybridized carbons (Fsp3) is 0.0909. The van der Waals surface area contributed by atoms with Crippen molar-refractivity contribution in [2.24, 2.45) is 5.73 Å². The smallest absolute Gasteiger partial charge is 0.475 e. The van der Waals surface area contributed by atoms with Crippen molar-refractivity contribution < 1.29 is 36.3 Å². The molecule has 0 aliphatic rings. The lowest BCUT2D eigenvalue weighted by molar-refractivity contribution is -0.192. The van der Waals surface area contributed by atoms with Crippen molar-refractivity contribution in [3.05, 3.63) is 72.3 Å². The molecule has 0 spiro atoms. The second kappa shape index (κ2) is 10.3. The Morgan fingerprint density at radius 3 is 1.88 bits per heavy atom. The predicted octanol–water partition coefficient (Wildman–Crippen LogP) is 3.71. The van der Waals surface area contributed by atoms with Crippen molar-refractivity contribution in [3.8, 4) is 22.3 Å². The van der Waals surface area contributed by atoms with Gasteiger partial charge in [0.1, 0.15) is 0 Å². The molecule has 0 unspecified atom stereocenters. The molecule has 3 aromatic rings. The van der Waals surface area contributed by atoms with E-state index < -0.39 is 28.1 Å². The minimum atomic E-state index is -5.08. The van der Waals surface area contributed by atoms with Crippen LogP contribution >= 0.6 is 0 Å². The van der Waals surface area contributed by atoms with Crippen molar-refractivity contribution >= 4 is 33.3 Å². The van der Waals surface area contributed by atoms with Crippen LogP contribution < -0.4 is 16.2 Å². The molecule has 0 bridgehead atoms. The number of halogens is 3. The summed E-state index contributed by atoms with van der Waals surface area (Å²) in [4.78, 5) is 20.8. The Hall–Kier alpha value is -4.06. The van der Waals surface area contributed by atoms with E-state index in [1.807, 2.05) is 36.4 Å². The summed E-state index contributed by atoms with van der Waals surface area (Å²) in [5, 5.41) is 7.12. The molecule has 0 aromatic heterocycles. The van der Waals surface area contributed by atoms with E-state index in [1.54, 1.807) is 30.3 Å². The largest absolute Gasteiger partial charge is 0.490 e. The minimum absolute atomic E-state index is 0.240. The number of anilines is 2. The monoisotopic (exact) mass is 495 g/mol. The summed E-state index contributed by atoms with van der Waals surface area (Å²) >= 11 is 0. The number of nitrogens with one attached hydrogen (secondary N) is 1. The van der Waals surface area contributed by atoms with E-state index in [1.165, 1.54) is 0 Å². The molecule has 1 amide bonds. The lowest BCUT2D eigenvalue weighted by Gasteiger charge is -2.14. The molecule has 0 saturated carbocycles. The maximum absolute atomic E-state index is 11.9. The van der Waals surface area contributed by atoms with Crippen molar-refractivity contribution in [1.82, 2.24) is 0 Å². The number of carboxylic acid groups (broad SMARTS) is 1. The molecule has 0 aliphatic heterocycles. The van der Waals surface area contributed by atoms with Crippen LogP contribution in [-0.2, 0) is 14.8 Å². The van der Waals surface area contributed by atoms with Crippen molar-refractivity contribution in [2.75, 3.05) is 16.7 Å². The quantitative estimate of drug-likeness (QED) is 0.396. The molecule has 34 heavy (non-hydrogen) atoms. The molecule has 3 rings (SSSR count). The summed E-state index contributed by atoms with van der Waals surface area (Å²) in [5.74, 6) is -3.37. The van der Waals surface area contributed by atoms with Crippen LogP contribution in [-0.4, -0.2) is 37.8 Å². The zero-order valence-electron chi connectivity index (χ0n) is 17.6. The second-order valence-corrected chi connectivity index (χ2v) is 8.72. The van der Waals surface area contributed by atoms with Gasteiger partial charge in [0.15, 0.2) is 0 Å². The zero-order chi connectivity index (χ0) is 25.7. The van der Waals surface area contributed by atoms with E-state index in [4.69, 9.17) is 21.4 Å². The number of primary amides is 1. The lowest BCUT2D eigenvalue weighted by atomic mass is 9.94. The molecular formula is C22H20F3N3O5S. The fourth-order valence-electron chi connectivity index (χ4n) is 2.83. The highest BCUT2D eigenvalue weighted by Gasteiger charge is 2.38. The van der Waals surface area contributed by atoms with Crippen LogP contribution in [0.3, 0.4) is 0 Å². The summed E-state index contributed by atoms with van der Waals surface area (Å²) in [6.07, 6.45) is -4.00. The van der Waals surface area contributed by atoms with E-state index in [2.05, 4.69) is 4.72 Å². The number of amides is 1. The molecule has 0 saturated heterocycles. The van der Waals surface area contributed by atoms with Gasteiger partial charge >= 0.3 is 12.1 Å². The summed E-state index contributed by atoms with van der Waals surface area (Å²) in [6.45, 7) is 0. The third-order valence-electron chi connectivity index (χ3n) is 4.29. The van der Waals surface area contributed by atoms with Crippen LogP contribution in [0.4, 0.5) is 24.5 Å². The molecular weight excluding hydrogens is 475 g/mol. The number of benzene rings is 3. The summed E-state index contributed by atoms with van der Waals surface area (Å²) < 4.78 is 56.8. The van der Waals surface area contributed by atoms with Crippen LogP contribution in [0.5, 0.6) is 0 Å². The van der Waals surface area contributed by atoms with Gasteiger partial charge in [-0.05, 0) is 41.0 Å². The molecule has 0 fully saturated rings. The number of carbonyl (C=O) groups is 2. The van der Waals surface area contributed by atoms with E-state index in [-0.39, 0.29) is 11.3 Å². The number of nitrogens with two attached hydrogens (primary N) is 2. The molecule has 8 nitrogen and oxygen atoms in total. The number of hydrogen-bond donors (Lipinski definition) is 4. The van der Waals surface area contributed by atoms with E-state index in [0.29, 0.717) is 11.3 Å². The standard InChI is InChI=1S/C20H19N3O3S.C2HF3O2/c1-27(25,26)23-16-9-7-14(8-10-16)17-11-15(13-5-3-2-4-6-13)12-18(19(17)21)20(22)24;3-2(4,5)1(6)7/h2-12,23H,21H2,1H3,(H2,22,24);(H,6,7). The SMILES string of the molecule is CS(=O)(=O)Nc1ccc(-c2cc(-c3ccccc3)cc(C(N)=O)c2N)cc1.O=C(O)C(F)(F)F. The summed E-state index contributed by atoms with van der Waals surface area (Å²) in [5.41, 5.74) is 15.8. The van der Waals surface area contributed by atoms with Gasteiger partial charge in [-0.2, -0.15) is 13.2 Å². The van der Waals surface area contributed by atoms with Gasteiger partial charge in [0.25, 0.3) is 5.91 Å².